The molecule has 0 N–H and O–H groups in total. The summed E-state index contributed by atoms with van der Waals surface area (Å²) in [7, 11) is 0. The lowest BCUT2D eigenvalue weighted by molar-refractivity contribution is 0.476. The molecule has 0 aliphatic heterocycles. The highest BCUT2D eigenvalue weighted by Gasteiger charge is 2.29. The van der Waals surface area contributed by atoms with E-state index in [9.17, 15) is 4.39 Å². The van der Waals surface area contributed by atoms with Crippen LogP contribution in [0.1, 0.15) is 62.4 Å². The Morgan fingerprint density at radius 2 is 1.62 bits per heavy atom. The van der Waals surface area contributed by atoms with Gasteiger partial charge in [0.25, 0.3) is 0 Å². The van der Waals surface area contributed by atoms with Gasteiger partial charge in [0, 0.05) is 5.02 Å². The van der Waals surface area contributed by atoms with Crippen LogP contribution in [0.4, 0.5) is 4.39 Å². The van der Waals surface area contributed by atoms with Crippen molar-refractivity contribution in [3.8, 4) is 0 Å². The van der Waals surface area contributed by atoms with Crippen molar-refractivity contribution in [2.24, 2.45) is 0 Å². The number of rotatable bonds is 3. The first kappa shape index (κ1) is 19.0. The summed E-state index contributed by atoms with van der Waals surface area (Å²) in [5.41, 5.74) is 4.61. The lowest BCUT2D eigenvalue weighted by Crippen LogP contribution is -2.24. The summed E-state index contributed by atoms with van der Waals surface area (Å²) < 4.78 is 14.6. The van der Waals surface area contributed by atoms with Crippen LogP contribution in [-0.2, 0) is 17.3 Å². The molecular weight excluding hydrogens is 319 g/mol. The first-order valence-electron chi connectivity index (χ1n) is 8.48. The maximum atomic E-state index is 14.6. The molecule has 0 atom stereocenters. The highest BCUT2D eigenvalue weighted by molar-refractivity contribution is 6.32. The van der Waals surface area contributed by atoms with Crippen LogP contribution in [0, 0.1) is 19.7 Å². The third-order valence-corrected chi connectivity index (χ3v) is 5.07. The Hall–Kier alpha value is -1.34. The van der Waals surface area contributed by atoms with Gasteiger partial charge in [0.1, 0.15) is 5.82 Å². The molecule has 2 heteroatoms. The first-order valence-corrected chi connectivity index (χ1v) is 8.86. The molecule has 0 nitrogen and oxygen atoms in total. The van der Waals surface area contributed by atoms with Gasteiger partial charge in [0.15, 0.2) is 0 Å². The Labute approximate surface area is 151 Å². The van der Waals surface area contributed by atoms with E-state index in [4.69, 9.17) is 11.6 Å². The number of aryl methyl sites for hydroxylation is 2. The van der Waals surface area contributed by atoms with Gasteiger partial charge in [-0.3, -0.25) is 0 Å². The lowest BCUT2D eigenvalue weighted by Gasteiger charge is -2.30. The monoisotopic (exact) mass is 346 g/mol. The first-order chi connectivity index (χ1) is 10.9. The normalized spacial score (nSPS) is 12.5. The van der Waals surface area contributed by atoms with Crippen molar-refractivity contribution in [2.75, 3.05) is 0 Å². The smallest absolute Gasteiger partial charge is 0.127 e. The molecule has 0 radical (unpaired) electrons. The van der Waals surface area contributed by atoms with E-state index in [1.54, 1.807) is 6.07 Å². The summed E-state index contributed by atoms with van der Waals surface area (Å²) >= 11 is 6.70. The Balaban J connectivity index is 2.48. The second-order valence-corrected chi connectivity index (χ2v) is 8.91. The van der Waals surface area contributed by atoms with E-state index in [2.05, 4.69) is 52.8 Å². The molecule has 130 valence electrons. The number of benzene rings is 2. The molecule has 0 aliphatic carbocycles. The van der Waals surface area contributed by atoms with Gasteiger partial charge in [-0.25, -0.2) is 4.39 Å². The molecule has 0 aliphatic rings. The maximum absolute atomic E-state index is 14.6. The fourth-order valence-electron chi connectivity index (χ4n) is 3.63. The van der Waals surface area contributed by atoms with Crippen LogP contribution in [0.25, 0.3) is 0 Å². The van der Waals surface area contributed by atoms with Crippen LogP contribution < -0.4 is 0 Å². The molecule has 2 aromatic carbocycles. The van der Waals surface area contributed by atoms with E-state index in [0.717, 1.165) is 32.8 Å². The van der Waals surface area contributed by atoms with Crippen molar-refractivity contribution in [3.05, 3.63) is 69.0 Å². The zero-order valence-corrected chi connectivity index (χ0v) is 16.6. The molecule has 0 saturated heterocycles. The predicted octanol–water partition coefficient (Wildman–Crippen LogP) is 6.91. The zero-order chi connectivity index (χ0) is 18.3. The van der Waals surface area contributed by atoms with E-state index in [0.29, 0.717) is 6.42 Å². The maximum Gasteiger partial charge on any atom is 0.127 e. The number of hydrogen-bond donors (Lipinski definition) is 0. The molecule has 0 saturated carbocycles. The summed E-state index contributed by atoms with van der Waals surface area (Å²) in [4.78, 5) is 0. The largest absolute Gasteiger partial charge is 0.207 e. The molecule has 0 spiro atoms. The minimum atomic E-state index is -0.331. The van der Waals surface area contributed by atoms with Crippen LogP contribution in [0.3, 0.4) is 0 Å². The quantitative estimate of drug-likeness (QED) is 0.566. The van der Waals surface area contributed by atoms with Crippen molar-refractivity contribution in [1.82, 2.24) is 0 Å². The van der Waals surface area contributed by atoms with Crippen molar-refractivity contribution in [2.45, 2.75) is 65.7 Å². The molecule has 0 bridgehead atoms. The Morgan fingerprint density at radius 3 is 2.17 bits per heavy atom. The third-order valence-electron chi connectivity index (χ3n) is 4.63. The molecule has 0 unspecified atom stereocenters. The minimum Gasteiger partial charge on any atom is -0.207 e. The van der Waals surface area contributed by atoms with Gasteiger partial charge in [0.2, 0.25) is 0 Å². The van der Waals surface area contributed by atoms with Crippen molar-refractivity contribution >= 4 is 11.6 Å². The molecular formula is C22H28ClF. The Bertz CT molecular complexity index is 728. The minimum absolute atomic E-state index is 0.0116. The molecule has 0 heterocycles. The van der Waals surface area contributed by atoms with Gasteiger partial charge >= 0.3 is 0 Å². The fourth-order valence-corrected chi connectivity index (χ4v) is 4.11. The molecule has 24 heavy (non-hydrogen) atoms. The van der Waals surface area contributed by atoms with Crippen LogP contribution in [0.15, 0.2) is 30.3 Å². The van der Waals surface area contributed by atoms with Gasteiger partial charge in [-0.15, -0.1) is 0 Å². The number of halogens is 2. The summed E-state index contributed by atoms with van der Waals surface area (Å²) in [6, 6.07) is 9.86. The molecule has 0 aromatic heterocycles. The van der Waals surface area contributed by atoms with Crippen LogP contribution in [0.5, 0.6) is 0 Å². The average Bonchev–Trinajstić information content (AvgIpc) is 2.37. The average molecular weight is 347 g/mol. The van der Waals surface area contributed by atoms with Gasteiger partial charge in [-0.05, 0) is 65.0 Å². The summed E-state index contributed by atoms with van der Waals surface area (Å²) in [5, 5.41) is 0.809. The highest BCUT2D eigenvalue weighted by Crippen LogP contribution is 2.37. The summed E-state index contributed by atoms with van der Waals surface area (Å²) in [5.74, 6) is -0.124. The van der Waals surface area contributed by atoms with Crippen LogP contribution >= 0.6 is 11.6 Å². The second kappa shape index (κ2) is 6.52. The van der Waals surface area contributed by atoms with E-state index in [-0.39, 0.29) is 16.6 Å². The summed E-state index contributed by atoms with van der Waals surface area (Å²) in [6.07, 6.45) is 0.705. The Morgan fingerprint density at radius 1 is 1.00 bits per heavy atom. The fraction of sp³-hybridized carbons (Fsp3) is 0.455. The van der Waals surface area contributed by atoms with E-state index >= 15 is 0 Å². The molecule has 2 aromatic rings. The van der Waals surface area contributed by atoms with E-state index < -0.39 is 0 Å². The topological polar surface area (TPSA) is 0 Å². The van der Waals surface area contributed by atoms with E-state index in [1.807, 2.05) is 19.9 Å². The van der Waals surface area contributed by atoms with Crippen molar-refractivity contribution < 1.29 is 4.39 Å². The SMILES string of the molecule is Cc1cc(C)c(C(C)(C)Cc2cccc(C(C)(C)C)c2Cl)c(F)c1. The van der Waals surface area contributed by atoms with Gasteiger partial charge in [-0.1, -0.05) is 70.5 Å². The van der Waals surface area contributed by atoms with Gasteiger partial charge < -0.3 is 0 Å². The summed E-state index contributed by atoms with van der Waals surface area (Å²) in [6.45, 7) is 14.6. The molecule has 0 fully saturated rings. The Kier molecular flexibility index (Phi) is 5.16. The second-order valence-electron chi connectivity index (χ2n) is 8.53. The van der Waals surface area contributed by atoms with Crippen molar-refractivity contribution in [3.63, 3.8) is 0 Å². The lowest BCUT2D eigenvalue weighted by atomic mass is 9.75. The van der Waals surface area contributed by atoms with E-state index in [1.165, 1.54) is 0 Å². The number of hydrogen-bond acceptors (Lipinski definition) is 0. The van der Waals surface area contributed by atoms with Crippen LogP contribution in [0.2, 0.25) is 5.02 Å². The standard InChI is InChI=1S/C22H28ClF/c1-14-11-15(2)19(18(24)12-14)22(6,7)13-16-9-8-10-17(20(16)23)21(3,4)5/h8-12H,13H2,1-7H3. The van der Waals surface area contributed by atoms with Crippen molar-refractivity contribution in [1.29, 1.82) is 0 Å². The third kappa shape index (κ3) is 3.83. The zero-order valence-electron chi connectivity index (χ0n) is 15.8. The van der Waals surface area contributed by atoms with Gasteiger partial charge in [-0.2, -0.15) is 0 Å². The predicted molar refractivity (Wildman–Crippen MR) is 103 cm³/mol. The highest BCUT2D eigenvalue weighted by atomic mass is 35.5. The molecule has 0 amide bonds. The van der Waals surface area contributed by atoms with Gasteiger partial charge in [0.05, 0.1) is 0 Å². The van der Waals surface area contributed by atoms with Crippen LogP contribution in [-0.4, -0.2) is 0 Å². The molecule has 2 rings (SSSR count).